The van der Waals surface area contributed by atoms with Gasteiger partial charge < -0.3 is 0 Å². The maximum atomic E-state index is 12.1. The fourth-order valence-electron chi connectivity index (χ4n) is 0.803. The van der Waals surface area contributed by atoms with Crippen LogP contribution in [0.1, 0.15) is 5.69 Å². The van der Waals surface area contributed by atoms with Gasteiger partial charge in [-0.15, -0.1) is 0 Å². The summed E-state index contributed by atoms with van der Waals surface area (Å²) < 4.78 is 37.3. The van der Waals surface area contributed by atoms with Crippen LogP contribution in [0.3, 0.4) is 0 Å². The standard InChI is InChI=1S/C5H2F3N5/c6-5(7,8)3-1-2-13-4(9-3)10-11-12-13/h1-2H. The first-order valence-electron chi connectivity index (χ1n) is 3.19. The monoisotopic (exact) mass is 189 g/mol. The predicted octanol–water partition coefficient (Wildman–Crippen LogP) is 0.538. The van der Waals surface area contributed by atoms with Crippen LogP contribution in [0.25, 0.3) is 5.78 Å². The minimum atomic E-state index is -4.46. The van der Waals surface area contributed by atoms with Crippen LogP contribution in [0.15, 0.2) is 12.3 Å². The van der Waals surface area contributed by atoms with Crippen molar-refractivity contribution in [2.24, 2.45) is 0 Å². The largest absolute Gasteiger partial charge is 0.433 e. The Bertz CT molecular complexity index is 433. The Morgan fingerprint density at radius 3 is 2.77 bits per heavy atom. The van der Waals surface area contributed by atoms with Gasteiger partial charge in [0.15, 0.2) is 0 Å². The highest BCUT2D eigenvalue weighted by molar-refractivity contribution is 5.25. The van der Waals surface area contributed by atoms with Gasteiger partial charge in [-0.25, -0.2) is 4.98 Å². The molecule has 0 radical (unpaired) electrons. The van der Waals surface area contributed by atoms with Crippen LogP contribution >= 0.6 is 0 Å². The molecule has 0 atom stereocenters. The third kappa shape index (κ3) is 1.30. The zero-order valence-corrected chi connectivity index (χ0v) is 6.02. The summed E-state index contributed by atoms with van der Waals surface area (Å²) in [5, 5.41) is 9.81. The molecule has 68 valence electrons. The normalized spacial score (nSPS) is 12.2. The second-order valence-electron chi connectivity index (χ2n) is 2.23. The van der Waals surface area contributed by atoms with Crippen molar-refractivity contribution < 1.29 is 13.2 Å². The van der Waals surface area contributed by atoms with Gasteiger partial charge in [-0.2, -0.15) is 17.7 Å². The van der Waals surface area contributed by atoms with Crippen molar-refractivity contribution in [2.45, 2.75) is 6.18 Å². The first-order valence-corrected chi connectivity index (χ1v) is 3.19. The van der Waals surface area contributed by atoms with E-state index < -0.39 is 11.9 Å². The summed E-state index contributed by atoms with van der Waals surface area (Å²) in [6.45, 7) is 0. The van der Waals surface area contributed by atoms with E-state index >= 15 is 0 Å². The Morgan fingerprint density at radius 2 is 2.08 bits per heavy atom. The number of hydrogen-bond donors (Lipinski definition) is 0. The van der Waals surface area contributed by atoms with Gasteiger partial charge >= 0.3 is 6.18 Å². The van der Waals surface area contributed by atoms with E-state index in [1.54, 1.807) is 0 Å². The first-order chi connectivity index (χ1) is 6.07. The molecule has 0 aromatic carbocycles. The van der Waals surface area contributed by atoms with Crippen molar-refractivity contribution in [3.05, 3.63) is 18.0 Å². The average molecular weight is 189 g/mol. The predicted molar refractivity (Wildman–Crippen MR) is 33.6 cm³/mol. The lowest BCUT2D eigenvalue weighted by atomic mass is 10.4. The van der Waals surface area contributed by atoms with Crippen molar-refractivity contribution in [2.75, 3.05) is 0 Å². The summed E-state index contributed by atoms with van der Waals surface area (Å²) in [7, 11) is 0. The van der Waals surface area contributed by atoms with Gasteiger partial charge in [0.05, 0.1) is 0 Å². The van der Waals surface area contributed by atoms with E-state index in [2.05, 4.69) is 20.5 Å². The molecule has 2 rings (SSSR count). The second-order valence-corrected chi connectivity index (χ2v) is 2.23. The molecular formula is C5H2F3N5. The van der Waals surface area contributed by atoms with Crippen molar-refractivity contribution >= 4 is 5.78 Å². The van der Waals surface area contributed by atoms with Crippen LogP contribution in [-0.2, 0) is 6.18 Å². The maximum Gasteiger partial charge on any atom is 0.433 e. The first kappa shape index (κ1) is 7.90. The number of hydrogen-bond acceptors (Lipinski definition) is 4. The molecule has 0 aliphatic rings. The number of rotatable bonds is 0. The second kappa shape index (κ2) is 2.38. The zero-order valence-electron chi connectivity index (χ0n) is 6.02. The summed E-state index contributed by atoms with van der Waals surface area (Å²) >= 11 is 0. The molecule has 0 saturated carbocycles. The lowest BCUT2D eigenvalue weighted by molar-refractivity contribution is -0.141. The van der Waals surface area contributed by atoms with Crippen LogP contribution in [-0.4, -0.2) is 25.0 Å². The minimum absolute atomic E-state index is 0.171. The fourth-order valence-corrected chi connectivity index (χ4v) is 0.803. The van der Waals surface area contributed by atoms with E-state index in [1.165, 1.54) is 0 Å². The molecule has 0 unspecified atom stereocenters. The van der Waals surface area contributed by atoms with Crippen molar-refractivity contribution in [1.29, 1.82) is 0 Å². The third-order valence-electron chi connectivity index (χ3n) is 1.36. The van der Waals surface area contributed by atoms with Gasteiger partial charge in [0.1, 0.15) is 5.69 Å². The van der Waals surface area contributed by atoms with Gasteiger partial charge in [0.25, 0.3) is 5.78 Å². The summed E-state index contributed by atoms with van der Waals surface area (Å²) in [6, 6.07) is 0.809. The molecule has 0 bridgehead atoms. The molecule has 0 saturated heterocycles. The fraction of sp³-hybridized carbons (Fsp3) is 0.200. The smallest absolute Gasteiger partial charge is 0.205 e. The van der Waals surface area contributed by atoms with Gasteiger partial charge in [0, 0.05) is 6.20 Å². The Hall–Kier alpha value is -1.73. The average Bonchev–Trinajstić information content (AvgIpc) is 2.47. The Kier molecular flexibility index (Phi) is 1.44. The summed E-state index contributed by atoms with van der Waals surface area (Å²) in [5.74, 6) is -0.171. The van der Waals surface area contributed by atoms with E-state index in [4.69, 9.17) is 0 Å². The number of alkyl halides is 3. The molecule has 0 amide bonds. The van der Waals surface area contributed by atoms with E-state index in [0.29, 0.717) is 0 Å². The van der Waals surface area contributed by atoms with E-state index in [9.17, 15) is 13.2 Å². The molecule has 2 aromatic rings. The molecule has 13 heavy (non-hydrogen) atoms. The molecular weight excluding hydrogens is 187 g/mol. The molecule has 0 fully saturated rings. The molecule has 0 aliphatic heterocycles. The molecule has 8 heteroatoms. The quantitative estimate of drug-likeness (QED) is 0.606. The Labute approximate surface area is 69.2 Å². The maximum absolute atomic E-state index is 12.1. The van der Waals surface area contributed by atoms with Crippen LogP contribution in [0.2, 0.25) is 0 Å². The highest BCUT2D eigenvalue weighted by Crippen LogP contribution is 2.26. The topological polar surface area (TPSA) is 56.0 Å². The molecule has 2 aromatic heterocycles. The SMILES string of the molecule is FC(F)(F)c1ccn2nnnc2n1. The summed E-state index contributed by atoms with van der Waals surface area (Å²) in [4.78, 5) is 3.21. The van der Waals surface area contributed by atoms with Crippen LogP contribution < -0.4 is 0 Å². The number of fused-ring (bicyclic) bond motifs is 1. The Morgan fingerprint density at radius 1 is 1.31 bits per heavy atom. The number of tetrazole rings is 1. The van der Waals surface area contributed by atoms with Crippen molar-refractivity contribution in [3.8, 4) is 0 Å². The van der Waals surface area contributed by atoms with Gasteiger partial charge in [-0.1, -0.05) is 5.10 Å². The van der Waals surface area contributed by atoms with Gasteiger partial charge in [-0.3, -0.25) is 0 Å². The molecule has 2 heterocycles. The van der Waals surface area contributed by atoms with E-state index in [1.807, 2.05) is 0 Å². The van der Waals surface area contributed by atoms with Gasteiger partial charge in [-0.05, 0) is 16.5 Å². The number of aromatic nitrogens is 5. The molecule has 0 aliphatic carbocycles. The summed E-state index contributed by atoms with van der Waals surface area (Å²) in [5.41, 5.74) is -1.00. The minimum Gasteiger partial charge on any atom is -0.205 e. The van der Waals surface area contributed by atoms with E-state index in [-0.39, 0.29) is 5.78 Å². The van der Waals surface area contributed by atoms with Gasteiger partial charge in [0.2, 0.25) is 0 Å². The summed E-state index contributed by atoms with van der Waals surface area (Å²) in [6.07, 6.45) is -3.36. The van der Waals surface area contributed by atoms with E-state index in [0.717, 1.165) is 16.8 Å². The highest BCUT2D eigenvalue weighted by Gasteiger charge is 2.32. The molecule has 0 spiro atoms. The van der Waals surface area contributed by atoms with Crippen LogP contribution in [0.5, 0.6) is 0 Å². The van der Waals surface area contributed by atoms with Crippen molar-refractivity contribution in [1.82, 2.24) is 25.0 Å². The molecule has 0 N–H and O–H groups in total. The van der Waals surface area contributed by atoms with Crippen molar-refractivity contribution in [3.63, 3.8) is 0 Å². The number of nitrogens with zero attached hydrogens (tertiary/aromatic N) is 5. The number of halogens is 3. The lowest BCUT2D eigenvalue weighted by Crippen LogP contribution is -2.09. The van der Waals surface area contributed by atoms with Crippen LogP contribution in [0, 0.1) is 0 Å². The zero-order chi connectivity index (χ0) is 9.47. The molecule has 5 nitrogen and oxygen atoms in total. The third-order valence-corrected chi connectivity index (χ3v) is 1.36. The van der Waals surface area contributed by atoms with Crippen LogP contribution in [0.4, 0.5) is 13.2 Å². The Balaban J connectivity index is 2.61. The lowest BCUT2D eigenvalue weighted by Gasteiger charge is -2.03. The highest BCUT2D eigenvalue weighted by atomic mass is 19.4.